The smallest absolute Gasteiger partial charge is 0.255 e. The summed E-state index contributed by atoms with van der Waals surface area (Å²) >= 11 is 9.27. The molecule has 0 radical (unpaired) electrons. The van der Waals surface area contributed by atoms with Crippen molar-refractivity contribution < 1.29 is 17.6 Å². The van der Waals surface area contributed by atoms with Crippen LogP contribution in [-0.4, -0.2) is 32.5 Å². The van der Waals surface area contributed by atoms with Crippen molar-refractivity contribution in [1.29, 1.82) is 0 Å². The van der Waals surface area contributed by atoms with Gasteiger partial charge in [-0.1, -0.05) is 27.5 Å². The fourth-order valence-electron chi connectivity index (χ4n) is 2.10. The summed E-state index contributed by atoms with van der Waals surface area (Å²) in [4.78, 5) is 13.8. The monoisotopic (exact) mass is 433 g/mol. The normalized spacial score (nSPS) is 11.4. The molecule has 2 rings (SSSR count). The van der Waals surface area contributed by atoms with E-state index in [-0.39, 0.29) is 22.0 Å². The van der Waals surface area contributed by atoms with Crippen LogP contribution < -0.4 is 0 Å². The molecule has 0 aliphatic heterocycles. The van der Waals surface area contributed by atoms with Gasteiger partial charge in [0.2, 0.25) is 0 Å². The lowest BCUT2D eigenvalue weighted by Crippen LogP contribution is -2.27. The van der Waals surface area contributed by atoms with E-state index in [0.29, 0.717) is 10.0 Å². The molecular weight excluding hydrogens is 421 g/mol. The van der Waals surface area contributed by atoms with Crippen molar-refractivity contribution in [3.8, 4) is 0 Å². The van der Waals surface area contributed by atoms with Crippen LogP contribution >= 0.6 is 27.5 Å². The second-order valence-corrected chi connectivity index (χ2v) is 8.65. The molecule has 0 aromatic heterocycles. The van der Waals surface area contributed by atoms with Gasteiger partial charge >= 0.3 is 0 Å². The molecule has 0 saturated heterocycles. The first-order valence-electron chi connectivity index (χ1n) is 6.78. The van der Waals surface area contributed by atoms with Gasteiger partial charge in [0.05, 0.1) is 15.5 Å². The summed E-state index contributed by atoms with van der Waals surface area (Å²) in [6, 6.07) is 8.37. The first-order chi connectivity index (χ1) is 11.1. The van der Waals surface area contributed by atoms with Crippen molar-refractivity contribution in [2.45, 2.75) is 11.4 Å². The summed E-state index contributed by atoms with van der Waals surface area (Å²) in [5.41, 5.74) is 0.383. The van der Waals surface area contributed by atoms with Crippen molar-refractivity contribution in [2.75, 3.05) is 13.3 Å². The van der Waals surface area contributed by atoms with Crippen LogP contribution in [0, 0.1) is 5.82 Å². The van der Waals surface area contributed by atoms with E-state index in [9.17, 15) is 17.6 Å². The van der Waals surface area contributed by atoms with E-state index in [4.69, 9.17) is 11.6 Å². The Balaban J connectivity index is 2.33. The number of benzene rings is 2. The largest absolute Gasteiger partial charge is 0.337 e. The highest BCUT2D eigenvalue weighted by Crippen LogP contribution is 2.23. The molecule has 128 valence electrons. The first kappa shape index (κ1) is 18.9. The van der Waals surface area contributed by atoms with E-state index in [2.05, 4.69) is 15.9 Å². The zero-order valence-electron chi connectivity index (χ0n) is 12.9. The van der Waals surface area contributed by atoms with E-state index in [1.165, 1.54) is 36.2 Å². The molecule has 0 spiro atoms. The van der Waals surface area contributed by atoms with Crippen LogP contribution in [-0.2, 0) is 16.4 Å². The van der Waals surface area contributed by atoms with E-state index in [0.717, 1.165) is 6.26 Å². The van der Waals surface area contributed by atoms with Crippen molar-refractivity contribution in [2.24, 2.45) is 0 Å². The van der Waals surface area contributed by atoms with Crippen LogP contribution in [0.25, 0.3) is 0 Å². The Morgan fingerprint density at radius 1 is 1.25 bits per heavy atom. The molecule has 0 saturated carbocycles. The molecule has 0 bridgehead atoms. The number of rotatable bonds is 4. The number of halogens is 3. The molecule has 0 heterocycles. The number of nitrogens with zero attached hydrogens (tertiary/aromatic N) is 1. The predicted octanol–water partition coefficient (Wildman–Crippen LogP) is 3.92. The van der Waals surface area contributed by atoms with Gasteiger partial charge in [-0.3, -0.25) is 4.79 Å². The van der Waals surface area contributed by atoms with Gasteiger partial charge in [-0.05, 0) is 36.4 Å². The van der Waals surface area contributed by atoms with Crippen LogP contribution in [0.5, 0.6) is 0 Å². The quantitative estimate of drug-likeness (QED) is 0.733. The Morgan fingerprint density at radius 2 is 1.92 bits per heavy atom. The molecule has 0 atom stereocenters. The number of sulfone groups is 1. The minimum atomic E-state index is -3.47. The highest BCUT2D eigenvalue weighted by molar-refractivity contribution is 9.10. The standard InChI is InChI=1S/C16H14BrClFNO3S/c1-20(9-10-7-11(17)3-6-15(10)19)16(21)13-8-12(24(2,22)23)4-5-14(13)18/h3-8H,9H2,1-2H3. The third kappa shape index (κ3) is 4.34. The SMILES string of the molecule is CN(Cc1cc(Br)ccc1F)C(=O)c1cc(S(C)(=O)=O)ccc1Cl. The second kappa shape index (κ2) is 7.21. The number of hydrogen-bond acceptors (Lipinski definition) is 3. The molecule has 0 aliphatic carbocycles. The van der Waals surface area contributed by atoms with E-state index >= 15 is 0 Å². The average molecular weight is 435 g/mol. The maximum Gasteiger partial charge on any atom is 0.255 e. The number of carbonyl (C=O) groups is 1. The Labute approximate surface area is 153 Å². The summed E-state index contributed by atoms with van der Waals surface area (Å²) in [5.74, 6) is -0.932. The van der Waals surface area contributed by atoms with E-state index < -0.39 is 21.6 Å². The Kier molecular flexibility index (Phi) is 5.67. The lowest BCUT2D eigenvalue weighted by Gasteiger charge is -2.19. The lowest BCUT2D eigenvalue weighted by atomic mass is 10.1. The average Bonchev–Trinajstić information content (AvgIpc) is 2.49. The first-order valence-corrected chi connectivity index (χ1v) is 9.85. The van der Waals surface area contributed by atoms with Gasteiger partial charge in [0.15, 0.2) is 9.84 Å². The summed E-state index contributed by atoms with van der Waals surface area (Å²) in [6.45, 7) is 0.0174. The van der Waals surface area contributed by atoms with Gasteiger partial charge in [-0.25, -0.2) is 12.8 Å². The van der Waals surface area contributed by atoms with Crippen molar-refractivity contribution in [3.63, 3.8) is 0 Å². The van der Waals surface area contributed by atoms with Crippen LogP contribution in [0.4, 0.5) is 4.39 Å². The number of hydrogen-bond donors (Lipinski definition) is 0. The third-order valence-corrected chi connectivity index (χ3v) is 5.29. The Hall–Kier alpha value is -1.44. The topological polar surface area (TPSA) is 54.5 Å². The van der Waals surface area contributed by atoms with Crippen LogP contribution in [0.15, 0.2) is 45.8 Å². The lowest BCUT2D eigenvalue weighted by molar-refractivity contribution is 0.0783. The maximum atomic E-state index is 13.8. The van der Waals surface area contributed by atoms with E-state index in [1.807, 2.05) is 0 Å². The molecule has 2 aromatic carbocycles. The van der Waals surface area contributed by atoms with Gasteiger partial charge in [0.1, 0.15) is 5.82 Å². The minimum Gasteiger partial charge on any atom is -0.337 e. The van der Waals surface area contributed by atoms with Crippen LogP contribution in [0.3, 0.4) is 0 Å². The Morgan fingerprint density at radius 3 is 2.54 bits per heavy atom. The van der Waals surface area contributed by atoms with Gasteiger partial charge in [0.25, 0.3) is 5.91 Å². The fourth-order valence-corrected chi connectivity index (χ4v) is 3.35. The molecule has 0 aliphatic rings. The maximum absolute atomic E-state index is 13.8. The van der Waals surface area contributed by atoms with Crippen molar-refractivity contribution in [3.05, 3.63) is 62.8 Å². The minimum absolute atomic E-state index is 0.00251. The zero-order valence-corrected chi connectivity index (χ0v) is 16.0. The molecule has 8 heteroatoms. The van der Waals surface area contributed by atoms with Crippen LogP contribution in [0.2, 0.25) is 5.02 Å². The van der Waals surface area contributed by atoms with Gasteiger partial charge < -0.3 is 4.90 Å². The van der Waals surface area contributed by atoms with Crippen LogP contribution in [0.1, 0.15) is 15.9 Å². The van der Waals surface area contributed by atoms with Gasteiger partial charge in [-0.15, -0.1) is 0 Å². The fraction of sp³-hybridized carbons (Fsp3) is 0.188. The molecule has 2 aromatic rings. The Bertz CT molecular complexity index is 902. The molecule has 4 nitrogen and oxygen atoms in total. The zero-order chi connectivity index (χ0) is 18.1. The van der Waals surface area contributed by atoms with Gasteiger partial charge in [-0.2, -0.15) is 0 Å². The van der Waals surface area contributed by atoms with E-state index in [1.54, 1.807) is 12.1 Å². The van der Waals surface area contributed by atoms with Crippen molar-refractivity contribution >= 4 is 43.3 Å². The second-order valence-electron chi connectivity index (χ2n) is 5.31. The highest BCUT2D eigenvalue weighted by atomic mass is 79.9. The summed E-state index contributed by atoms with van der Waals surface area (Å²) < 4.78 is 37.8. The number of amides is 1. The van der Waals surface area contributed by atoms with Crippen molar-refractivity contribution in [1.82, 2.24) is 4.90 Å². The molecule has 0 N–H and O–H groups in total. The molecular formula is C16H14BrClFNO3S. The third-order valence-electron chi connectivity index (χ3n) is 3.36. The summed E-state index contributed by atoms with van der Waals surface area (Å²) in [5, 5.41) is 0.133. The molecule has 0 fully saturated rings. The summed E-state index contributed by atoms with van der Waals surface area (Å²) in [6.07, 6.45) is 1.05. The molecule has 1 amide bonds. The molecule has 0 unspecified atom stereocenters. The summed E-state index contributed by atoms with van der Waals surface area (Å²) in [7, 11) is -1.98. The highest BCUT2D eigenvalue weighted by Gasteiger charge is 2.19. The van der Waals surface area contributed by atoms with Gasteiger partial charge in [0, 0.05) is 29.9 Å². The molecule has 24 heavy (non-hydrogen) atoms. The predicted molar refractivity (Wildman–Crippen MR) is 94.5 cm³/mol. The number of carbonyl (C=O) groups excluding carboxylic acids is 1.